The van der Waals surface area contributed by atoms with Gasteiger partial charge in [-0.25, -0.2) is 0 Å². The molecule has 0 bridgehead atoms. The Bertz CT molecular complexity index is 511. The van der Waals surface area contributed by atoms with Gasteiger partial charge in [0.1, 0.15) is 0 Å². The van der Waals surface area contributed by atoms with Gasteiger partial charge in [0.05, 0.1) is 6.10 Å². The topological polar surface area (TPSA) is 45.2 Å². The molecule has 0 aliphatic carbocycles. The number of rotatable bonds is 4. The third-order valence-electron chi connectivity index (χ3n) is 3.03. The lowest BCUT2D eigenvalue weighted by Crippen LogP contribution is -2.16. The van der Waals surface area contributed by atoms with E-state index in [2.05, 4.69) is 23.3 Å². The van der Waals surface area contributed by atoms with Crippen LogP contribution in [0.1, 0.15) is 24.2 Å². The molecule has 3 heteroatoms. The summed E-state index contributed by atoms with van der Waals surface area (Å²) in [7, 11) is 1.83. The molecule has 1 atom stereocenters. The largest absolute Gasteiger partial charge is 0.387 e. The van der Waals surface area contributed by atoms with E-state index < -0.39 is 6.10 Å². The number of benzene rings is 1. The lowest BCUT2D eigenvalue weighted by Gasteiger charge is -2.12. The summed E-state index contributed by atoms with van der Waals surface area (Å²) in [5.41, 5.74) is 2.18. The lowest BCUT2D eigenvalue weighted by atomic mass is 10.0. The van der Waals surface area contributed by atoms with Gasteiger partial charge in [0.25, 0.3) is 0 Å². The molecule has 90 valence electrons. The Kier molecular flexibility index (Phi) is 3.71. The molecule has 0 saturated heterocycles. The second-order valence-electron chi connectivity index (χ2n) is 4.21. The molecule has 0 spiro atoms. The molecular weight excluding hydrogens is 212 g/mol. The number of hydrogen-bond donors (Lipinski definition) is 2. The van der Waals surface area contributed by atoms with Gasteiger partial charge in [0.2, 0.25) is 0 Å². The van der Waals surface area contributed by atoms with Gasteiger partial charge in [0.15, 0.2) is 0 Å². The van der Waals surface area contributed by atoms with Gasteiger partial charge in [-0.15, -0.1) is 0 Å². The molecule has 0 saturated carbocycles. The number of aliphatic hydroxyl groups excluding tert-OH is 1. The lowest BCUT2D eigenvalue weighted by molar-refractivity contribution is 0.178. The van der Waals surface area contributed by atoms with E-state index in [1.165, 1.54) is 10.9 Å². The van der Waals surface area contributed by atoms with E-state index in [1.807, 2.05) is 31.6 Å². The van der Waals surface area contributed by atoms with Crippen molar-refractivity contribution in [3.63, 3.8) is 0 Å². The fraction of sp³-hybridized carbons (Fsp3) is 0.357. The fourth-order valence-electron chi connectivity index (χ4n) is 2.06. The second-order valence-corrected chi connectivity index (χ2v) is 4.21. The van der Waals surface area contributed by atoms with Crippen LogP contribution in [0.4, 0.5) is 0 Å². The molecule has 2 rings (SSSR count). The van der Waals surface area contributed by atoms with Crippen LogP contribution in [-0.4, -0.2) is 23.7 Å². The molecule has 0 aliphatic heterocycles. The Labute approximate surface area is 102 Å². The first-order valence-corrected chi connectivity index (χ1v) is 5.95. The van der Waals surface area contributed by atoms with Gasteiger partial charge in [0, 0.05) is 24.3 Å². The monoisotopic (exact) mass is 230 g/mol. The molecule has 0 amide bonds. The summed E-state index contributed by atoms with van der Waals surface area (Å²) in [6, 6.07) is 6.08. The van der Waals surface area contributed by atoms with Crippen LogP contribution in [0.15, 0.2) is 30.6 Å². The highest BCUT2D eigenvalue weighted by Crippen LogP contribution is 2.22. The first-order valence-electron chi connectivity index (χ1n) is 5.95. The molecule has 2 aromatic rings. The van der Waals surface area contributed by atoms with Crippen LogP contribution in [0, 0.1) is 0 Å². The fourth-order valence-corrected chi connectivity index (χ4v) is 2.06. The van der Waals surface area contributed by atoms with Crippen LogP contribution in [0.3, 0.4) is 0 Å². The minimum atomic E-state index is -0.463. The quantitative estimate of drug-likeness (QED) is 0.845. The minimum absolute atomic E-state index is 0.463. The zero-order valence-electron chi connectivity index (χ0n) is 10.3. The predicted octanol–water partition coefficient (Wildman–Crippen LogP) is 2.05. The van der Waals surface area contributed by atoms with Crippen molar-refractivity contribution >= 4 is 10.8 Å². The Morgan fingerprint density at radius 1 is 1.35 bits per heavy atom. The Balaban J connectivity index is 2.44. The average Bonchev–Trinajstić information content (AvgIpc) is 2.37. The maximum Gasteiger partial charge on any atom is 0.0914 e. The molecule has 1 unspecified atom stereocenters. The van der Waals surface area contributed by atoms with Crippen LogP contribution in [0.5, 0.6) is 0 Å². The smallest absolute Gasteiger partial charge is 0.0914 e. The number of pyridine rings is 1. The maximum atomic E-state index is 9.92. The number of aliphatic hydroxyl groups is 1. The van der Waals surface area contributed by atoms with Crippen molar-refractivity contribution < 1.29 is 5.11 Å². The molecule has 0 radical (unpaired) electrons. The first kappa shape index (κ1) is 12.0. The van der Waals surface area contributed by atoms with E-state index in [9.17, 15) is 5.11 Å². The number of fused-ring (bicyclic) bond motifs is 1. The standard InChI is InChI=1S/C14H18N2O/c1-3-10-7-16-8-12-6-11(4-5-13(10)12)14(17)9-15-2/h4-8,14-15,17H,3,9H2,1-2H3. The van der Waals surface area contributed by atoms with Crippen molar-refractivity contribution in [1.29, 1.82) is 0 Å². The zero-order chi connectivity index (χ0) is 12.3. The minimum Gasteiger partial charge on any atom is -0.387 e. The molecule has 1 aromatic carbocycles. The Morgan fingerprint density at radius 3 is 2.88 bits per heavy atom. The van der Waals surface area contributed by atoms with E-state index in [-0.39, 0.29) is 0 Å². The first-order chi connectivity index (χ1) is 8.26. The Morgan fingerprint density at radius 2 is 2.18 bits per heavy atom. The van der Waals surface area contributed by atoms with Gasteiger partial charge in [-0.1, -0.05) is 19.1 Å². The van der Waals surface area contributed by atoms with E-state index in [4.69, 9.17) is 0 Å². The highest BCUT2D eigenvalue weighted by molar-refractivity contribution is 5.85. The summed E-state index contributed by atoms with van der Waals surface area (Å²) in [6.07, 6.45) is 4.27. The number of nitrogens with zero attached hydrogens (tertiary/aromatic N) is 1. The number of hydrogen-bond acceptors (Lipinski definition) is 3. The van der Waals surface area contributed by atoms with Crippen LogP contribution < -0.4 is 5.32 Å². The van der Waals surface area contributed by atoms with Gasteiger partial charge in [-0.3, -0.25) is 4.98 Å². The van der Waals surface area contributed by atoms with Crippen molar-refractivity contribution in [2.75, 3.05) is 13.6 Å². The van der Waals surface area contributed by atoms with Crippen molar-refractivity contribution in [1.82, 2.24) is 10.3 Å². The third-order valence-corrected chi connectivity index (χ3v) is 3.03. The number of nitrogens with one attached hydrogen (secondary N) is 1. The third kappa shape index (κ3) is 2.46. The maximum absolute atomic E-state index is 9.92. The van der Waals surface area contributed by atoms with Gasteiger partial charge < -0.3 is 10.4 Å². The van der Waals surface area contributed by atoms with Crippen molar-refractivity contribution in [3.8, 4) is 0 Å². The zero-order valence-corrected chi connectivity index (χ0v) is 10.3. The molecule has 1 aromatic heterocycles. The molecule has 1 heterocycles. The van der Waals surface area contributed by atoms with Crippen LogP contribution in [-0.2, 0) is 6.42 Å². The Hall–Kier alpha value is -1.45. The van der Waals surface area contributed by atoms with Crippen molar-refractivity contribution in [2.24, 2.45) is 0 Å². The molecule has 0 fully saturated rings. The predicted molar refractivity (Wildman–Crippen MR) is 70.0 cm³/mol. The summed E-state index contributed by atoms with van der Waals surface area (Å²) < 4.78 is 0. The average molecular weight is 230 g/mol. The number of aryl methyl sites for hydroxylation is 1. The van der Waals surface area contributed by atoms with E-state index >= 15 is 0 Å². The van der Waals surface area contributed by atoms with Gasteiger partial charge in [-0.2, -0.15) is 0 Å². The molecule has 2 N–H and O–H groups in total. The second kappa shape index (κ2) is 5.25. The van der Waals surface area contributed by atoms with E-state index in [0.717, 1.165) is 17.4 Å². The molecular formula is C14H18N2O. The summed E-state index contributed by atoms with van der Waals surface area (Å²) in [5, 5.41) is 15.2. The highest BCUT2D eigenvalue weighted by atomic mass is 16.3. The normalized spacial score (nSPS) is 12.9. The summed E-state index contributed by atoms with van der Waals surface area (Å²) in [4.78, 5) is 4.23. The number of aromatic nitrogens is 1. The molecule has 0 aliphatic rings. The summed E-state index contributed by atoms with van der Waals surface area (Å²) in [6.45, 7) is 2.69. The van der Waals surface area contributed by atoms with Crippen LogP contribution >= 0.6 is 0 Å². The molecule has 3 nitrogen and oxygen atoms in total. The van der Waals surface area contributed by atoms with Crippen LogP contribution in [0.2, 0.25) is 0 Å². The van der Waals surface area contributed by atoms with Gasteiger partial charge in [-0.05, 0) is 36.0 Å². The summed E-state index contributed by atoms with van der Waals surface area (Å²) >= 11 is 0. The van der Waals surface area contributed by atoms with E-state index in [1.54, 1.807) is 0 Å². The highest BCUT2D eigenvalue weighted by Gasteiger charge is 2.08. The SMILES string of the molecule is CCc1cncc2cc(C(O)CNC)ccc12. The van der Waals surface area contributed by atoms with Crippen LogP contribution in [0.25, 0.3) is 10.8 Å². The van der Waals surface area contributed by atoms with Crippen molar-refractivity contribution in [3.05, 3.63) is 41.7 Å². The van der Waals surface area contributed by atoms with Crippen molar-refractivity contribution in [2.45, 2.75) is 19.4 Å². The number of likely N-dealkylation sites (N-methyl/N-ethyl adjacent to an activating group) is 1. The molecule has 17 heavy (non-hydrogen) atoms. The van der Waals surface area contributed by atoms with E-state index in [0.29, 0.717) is 6.54 Å². The summed E-state index contributed by atoms with van der Waals surface area (Å²) in [5.74, 6) is 0. The van der Waals surface area contributed by atoms with Gasteiger partial charge >= 0.3 is 0 Å².